The van der Waals surface area contributed by atoms with Crippen LogP contribution in [0, 0.1) is 5.82 Å². The van der Waals surface area contributed by atoms with E-state index in [2.05, 4.69) is 10.4 Å². The monoisotopic (exact) mass is 261 g/mol. The highest BCUT2D eigenvalue weighted by molar-refractivity contribution is 6.35. The van der Waals surface area contributed by atoms with Gasteiger partial charge in [-0.2, -0.15) is 0 Å². The number of anilines is 1. The molecule has 3 N–H and O–H groups in total. The number of fused-ring (bicyclic) bond motifs is 1. The van der Waals surface area contributed by atoms with E-state index < -0.39 is 17.9 Å². The van der Waals surface area contributed by atoms with Crippen LogP contribution in [0.5, 0.6) is 0 Å². The van der Waals surface area contributed by atoms with Crippen LogP contribution in [0.3, 0.4) is 0 Å². The Balaban J connectivity index is 2.82. The van der Waals surface area contributed by atoms with Crippen LogP contribution in [-0.2, 0) is 0 Å². The molecule has 90 valence electrons. The van der Waals surface area contributed by atoms with Crippen molar-refractivity contribution in [3.8, 4) is 0 Å². The zero-order valence-corrected chi connectivity index (χ0v) is 9.10. The number of hydrazine groups is 1. The summed E-state index contributed by atoms with van der Waals surface area (Å²) in [6, 6.07) is 3.19. The number of pyridine rings is 1. The SMILES string of the molecule is NNc1cc(C(F)F)nc2c(Cl)cc(F)cc12. The van der Waals surface area contributed by atoms with Crippen molar-refractivity contribution in [2.24, 2.45) is 5.84 Å². The van der Waals surface area contributed by atoms with Gasteiger partial charge in [0, 0.05) is 5.39 Å². The molecule has 0 unspecified atom stereocenters. The first-order valence-electron chi connectivity index (χ1n) is 4.57. The molecular formula is C10H7ClF3N3. The summed E-state index contributed by atoms with van der Waals surface area (Å²) < 4.78 is 38.3. The molecule has 7 heteroatoms. The van der Waals surface area contributed by atoms with Crippen LogP contribution in [0.25, 0.3) is 10.9 Å². The summed E-state index contributed by atoms with van der Waals surface area (Å²) in [5.74, 6) is 4.60. The lowest BCUT2D eigenvalue weighted by Gasteiger charge is -2.09. The molecule has 0 aliphatic carbocycles. The maximum atomic E-state index is 13.1. The van der Waals surface area contributed by atoms with Crippen molar-refractivity contribution in [3.63, 3.8) is 0 Å². The highest BCUT2D eigenvalue weighted by Crippen LogP contribution is 2.31. The quantitative estimate of drug-likeness (QED) is 0.644. The van der Waals surface area contributed by atoms with Gasteiger partial charge in [-0.15, -0.1) is 0 Å². The van der Waals surface area contributed by atoms with Gasteiger partial charge in [0.25, 0.3) is 6.43 Å². The fourth-order valence-corrected chi connectivity index (χ4v) is 1.75. The Bertz CT molecular complexity index is 574. The van der Waals surface area contributed by atoms with Crippen molar-refractivity contribution >= 4 is 28.2 Å². The molecule has 0 atom stereocenters. The zero-order valence-electron chi connectivity index (χ0n) is 8.35. The first-order valence-corrected chi connectivity index (χ1v) is 4.95. The van der Waals surface area contributed by atoms with Crippen LogP contribution in [0.1, 0.15) is 12.1 Å². The molecule has 0 radical (unpaired) electrons. The zero-order chi connectivity index (χ0) is 12.6. The van der Waals surface area contributed by atoms with Gasteiger partial charge in [0.15, 0.2) is 0 Å². The second-order valence-corrected chi connectivity index (χ2v) is 3.73. The Morgan fingerprint density at radius 1 is 1.29 bits per heavy atom. The number of alkyl halides is 2. The van der Waals surface area contributed by atoms with Gasteiger partial charge in [-0.3, -0.25) is 5.84 Å². The van der Waals surface area contributed by atoms with Crippen molar-refractivity contribution in [1.82, 2.24) is 4.98 Å². The van der Waals surface area contributed by atoms with Crippen LogP contribution in [0.15, 0.2) is 18.2 Å². The fourth-order valence-electron chi connectivity index (χ4n) is 1.50. The smallest absolute Gasteiger partial charge is 0.280 e. The van der Waals surface area contributed by atoms with Gasteiger partial charge in [0.05, 0.1) is 16.2 Å². The number of hydrogen-bond acceptors (Lipinski definition) is 3. The van der Waals surface area contributed by atoms with E-state index >= 15 is 0 Å². The van der Waals surface area contributed by atoms with Gasteiger partial charge >= 0.3 is 0 Å². The normalized spacial score (nSPS) is 11.2. The molecule has 0 saturated carbocycles. The highest BCUT2D eigenvalue weighted by atomic mass is 35.5. The van der Waals surface area contributed by atoms with Crippen LogP contribution in [0.4, 0.5) is 18.9 Å². The Hall–Kier alpha value is -1.53. The predicted molar refractivity (Wildman–Crippen MR) is 59.5 cm³/mol. The Morgan fingerprint density at radius 2 is 2.00 bits per heavy atom. The molecule has 2 aromatic rings. The minimum Gasteiger partial charge on any atom is -0.323 e. The molecule has 0 fully saturated rings. The number of halogens is 4. The molecule has 17 heavy (non-hydrogen) atoms. The third-order valence-electron chi connectivity index (χ3n) is 2.23. The molecule has 0 aliphatic heterocycles. The van der Waals surface area contributed by atoms with Crippen LogP contribution in [0.2, 0.25) is 5.02 Å². The number of aromatic nitrogens is 1. The van der Waals surface area contributed by atoms with Crippen molar-refractivity contribution < 1.29 is 13.2 Å². The Kier molecular flexibility index (Phi) is 3.08. The summed E-state index contributed by atoms with van der Waals surface area (Å²) in [4.78, 5) is 3.68. The second kappa shape index (κ2) is 4.38. The number of hydrogen-bond donors (Lipinski definition) is 2. The molecule has 1 aromatic heterocycles. The highest BCUT2D eigenvalue weighted by Gasteiger charge is 2.15. The summed E-state index contributed by atoms with van der Waals surface area (Å²) in [7, 11) is 0. The largest absolute Gasteiger partial charge is 0.323 e. The lowest BCUT2D eigenvalue weighted by molar-refractivity contribution is 0.146. The number of benzene rings is 1. The van der Waals surface area contributed by atoms with Crippen molar-refractivity contribution in [2.45, 2.75) is 6.43 Å². The third-order valence-corrected chi connectivity index (χ3v) is 2.52. The van der Waals surface area contributed by atoms with E-state index in [1.54, 1.807) is 0 Å². The van der Waals surface area contributed by atoms with E-state index in [-0.39, 0.29) is 21.6 Å². The van der Waals surface area contributed by atoms with Crippen molar-refractivity contribution in [3.05, 3.63) is 34.7 Å². The molecular weight excluding hydrogens is 255 g/mol. The van der Waals surface area contributed by atoms with Gasteiger partial charge in [-0.25, -0.2) is 18.2 Å². The average Bonchev–Trinajstić information content (AvgIpc) is 2.27. The van der Waals surface area contributed by atoms with Crippen LogP contribution in [-0.4, -0.2) is 4.98 Å². The van der Waals surface area contributed by atoms with Crippen molar-refractivity contribution in [1.29, 1.82) is 0 Å². The molecule has 0 amide bonds. The van der Waals surface area contributed by atoms with Gasteiger partial charge < -0.3 is 5.43 Å². The maximum absolute atomic E-state index is 13.1. The molecule has 1 aromatic carbocycles. The molecule has 1 heterocycles. The van der Waals surface area contributed by atoms with Gasteiger partial charge in [0.1, 0.15) is 11.5 Å². The van der Waals surface area contributed by atoms with E-state index in [0.29, 0.717) is 0 Å². The number of nitrogens with one attached hydrogen (secondary N) is 1. The molecule has 0 spiro atoms. The van der Waals surface area contributed by atoms with Gasteiger partial charge in [-0.1, -0.05) is 11.6 Å². The van der Waals surface area contributed by atoms with Crippen molar-refractivity contribution in [2.75, 3.05) is 5.43 Å². The summed E-state index contributed by atoms with van der Waals surface area (Å²) in [5, 5.41) is 0.209. The Labute approximate surface area is 99.4 Å². The maximum Gasteiger partial charge on any atom is 0.280 e. The van der Waals surface area contributed by atoms with Crippen LogP contribution >= 0.6 is 11.6 Å². The minimum atomic E-state index is -2.76. The van der Waals surface area contributed by atoms with E-state index in [0.717, 1.165) is 18.2 Å². The summed E-state index contributed by atoms with van der Waals surface area (Å²) in [5.41, 5.74) is 1.98. The molecule has 0 bridgehead atoms. The molecule has 3 nitrogen and oxygen atoms in total. The number of rotatable bonds is 2. The Morgan fingerprint density at radius 3 is 2.59 bits per heavy atom. The minimum absolute atomic E-state index is 0.0426. The topological polar surface area (TPSA) is 50.9 Å². The number of nitrogens with two attached hydrogens (primary N) is 1. The predicted octanol–water partition coefficient (Wildman–Crippen LogP) is 3.25. The number of nitrogen functional groups attached to an aromatic ring is 1. The summed E-state index contributed by atoms with van der Waals surface area (Å²) in [6.07, 6.45) is -2.76. The first kappa shape index (κ1) is 11.9. The second-order valence-electron chi connectivity index (χ2n) is 3.32. The van der Waals surface area contributed by atoms with Gasteiger partial charge in [-0.05, 0) is 18.2 Å². The average molecular weight is 262 g/mol. The third kappa shape index (κ3) is 2.13. The standard InChI is InChI=1S/C10H7ClF3N3/c11-6-2-4(12)1-5-7(17-15)3-8(10(13)14)16-9(5)6/h1-3,10H,15H2,(H,16,17). The van der Waals surface area contributed by atoms with E-state index in [1.807, 2.05) is 0 Å². The van der Waals surface area contributed by atoms with Gasteiger partial charge in [0.2, 0.25) is 0 Å². The fraction of sp³-hybridized carbons (Fsp3) is 0.100. The lowest BCUT2D eigenvalue weighted by Crippen LogP contribution is -2.09. The molecule has 0 saturated heterocycles. The summed E-state index contributed by atoms with van der Waals surface area (Å²) in [6.45, 7) is 0. The number of nitrogens with zero attached hydrogens (tertiary/aromatic N) is 1. The van der Waals surface area contributed by atoms with E-state index in [9.17, 15) is 13.2 Å². The molecule has 2 rings (SSSR count). The molecule has 0 aliphatic rings. The first-order chi connectivity index (χ1) is 8.02. The van der Waals surface area contributed by atoms with E-state index in [1.165, 1.54) is 0 Å². The van der Waals surface area contributed by atoms with Crippen LogP contribution < -0.4 is 11.3 Å². The van der Waals surface area contributed by atoms with E-state index in [4.69, 9.17) is 17.4 Å². The lowest BCUT2D eigenvalue weighted by atomic mass is 10.1. The summed E-state index contributed by atoms with van der Waals surface area (Å²) >= 11 is 5.75.